The van der Waals surface area contributed by atoms with Crippen molar-refractivity contribution in [2.24, 2.45) is 5.92 Å². The Balaban J connectivity index is 1.40. The smallest absolute Gasteiger partial charge is 0.220 e. The first-order valence-electron chi connectivity index (χ1n) is 8.21. The van der Waals surface area contributed by atoms with Crippen LogP contribution in [0, 0.1) is 5.92 Å². The van der Waals surface area contributed by atoms with Crippen LogP contribution in [-0.4, -0.2) is 42.5 Å². The molecule has 1 saturated carbocycles. The number of hydrogen-bond acceptors (Lipinski definition) is 4. The van der Waals surface area contributed by atoms with E-state index in [0.717, 1.165) is 19.4 Å². The number of aromatic nitrogens is 4. The zero-order chi connectivity index (χ0) is 16.9. The van der Waals surface area contributed by atoms with Gasteiger partial charge in [0.05, 0.1) is 29.7 Å². The van der Waals surface area contributed by atoms with E-state index < -0.39 is 6.10 Å². The molecule has 3 atom stereocenters. The maximum atomic E-state index is 12.1. The van der Waals surface area contributed by atoms with Gasteiger partial charge in [0.2, 0.25) is 5.91 Å². The molecule has 2 N–H and O–H groups in total. The summed E-state index contributed by atoms with van der Waals surface area (Å²) in [6.45, 7) is 1.47. The highest BCUT2D eigenvalue weighted by atomic mass is 35.5. The molecule has 1 amide bonds. The molecule has 1 aliphatic carbocycles. The number of carbonyl (C=O) groups is 1. The lowest BCUT2D eigenvalue weighted by atomic mass is 10.1. The van der Waals surface area contributed by atoms with E-state index in [0.29, 0.717) is 24.4 Å². The summed E-state index contributed by atoms with van der Waals surface area (Å²) in [5.74, 6) is 0.272. The van der Waals surface area contributed by atoms with Gasteiger partial charge in [-0.25, -0.2) is 4.98 Å². The average molecular weight is 352 g/mol. The van der Waals surface area contributed by atoms with Crippen molar-refractivity contribution in [2.75, 3.05) is 0 Å². The first-order chi connectivity index (χ1) is 11.6. The molecule has 3 rings (SSSR count). The first kappa shape index (κ1) is 17.0. The maximum Gasteiger partial charge on any atom is 0.220 e. The Hall–Kier alpha value is -1.86. The third-order valence-electron chi connectivity index (χ3n) is 4.40. The summed E-state index contributed by atoms with van der Waals surface area (Å²) in [7, 11) is 0. The number of imidazole rings is 1. The lowest BCUT2D eigenvalue weighted by Crippen LogP contribution is -2.39. The summed E-state index contributed by atoms with van der Waals surface area (Å²) in [6, 6.07) is -0.179. The van der Waals surface area contributed by atoms with Crippen LogP contribution in [0.1, 0.15) is 25.7 Å². The molecule has 0 bridgehead atoms. The summed E-state index contributed by atoms with van der Waals surface area (Å²) in [6.07, 6.45) is 10.8. The standard InChI is InChI=1S/C16H22ClN5O2/c17-13-8-19-22(10-13)9-12-6-14(15(23)7-12)20-16(24)2-1-4-21-5-3-18-11-21/h3,5,8,10-12,14-15,23H,1-2,4,6-7,9H2,(H,20,24)/t12?,14-,15-/m1/s1. The minimum Gasteiger partial charge on any atom is -0.391 e. The van der Waals surface area contributed by atoms with E-state index in [1.807, 2.05) is 10.8 Å². The third kappa shape index (κ3) is 4.58. The Morgan fingerprint density at radius 3 is 3.04 bits per heavy atom. The topological polar surface area (TPSA) is 85.0 Å². The number of aliphatic hydroxyl groups is 1. The Kier molecular flexibility index (Phi) is 5.52. The van der Waals surface area contributed by atoms with E-state index in [2.05, 4.69) is 15.4 Å². The van der Waals surface area contributed by atoms with Crippen LogP contribution < -0.4 is 5.32 Å². The van der Waals surface area contributed by atoms with Gasteiger partial charge in [0.1, 0.15) is 0 Å². The Morgan fingerprint density at radius 2 is 2.33 bits per heavy atom. The van der Waals surface area contributed by atoms with E-state index >= 15 is 0 Å². The van der Waals surface area contributed by atoms with Crippen LogP contribution in [0.25, 0.3) is 0 Å². The number of amides is 1. The summed E-state index contributed by atoms with van der Waals surface area (Å²) >= 11 is 5.86. The minimum atomic E-state index is -0.501. The number of nitrogens with one attached hydrogen (secondary N) is 1. The van der Waals surface area contributed by atoms with Gasteiger partial charge < -0.3 is 15.0 Å². The molecule has 8 heteroatoms. The molecule has 1 aliphatic rings. The highest BCUT2D eigenvalue weighted by molar-refractivity contribution is 6.30. The molecule has 7 nitrogen and oxygen atoms in total. The third-order valence-corrected chi connectivity index (χ3v) is 4.59. The molecular formula is C16H22ClN5O2. The molecule has 0 aromatic carbocycles. The highest BCUT2D eigenvalue weighted by Gasteiger charge is 2.34. The molecule has 0 saturated heterocycles. The van der Waals surface area contributed by atoms with Crippen LogP contribution in [0.4, 0.5) is 0 Å². The zero-order valence-corrected chi connectivity index (χ0v) is 14.1. The Morgan fingerprint density at radius 1 is 1.46 bits per heavy atom. The molecule has 130 valence electrons. The summed E-state index contributed by atoms with van der Waals surface area (Å²) in [4.78, 5) is 16.0. The largest absolute Gasteiger partial charge is 0.391 e. The van der Waals surface area contributed by atoms with Crippen molar-refractivity contribution in [1.29, 1.82) is 0 Å². The average Bonchev–Trinajstić information content (AvgIpc) is 3.24. The molecule has 1 fully saturated rings. The first-order valence-corrected chi connectivity index (χ1v) is 8.59. The summed E-state index contributed by atoms with van der Waals surface area (Å²) < 4.78 is 3.73. The number of aliphatic hydroxyl groups excluding tert-OH is 1. The van der Waals surface area contributed by atoms with Crippen LogP contribution in [0.15, 0.2) is 31.1 Å². The molecule has 0 spiro atoms. The molecule has 2 aromatic heterocycles. The SMILES string of the molecule is O=C(CCCn1ccnc1)N[C@@H]1CC(Cn2cc(Cl)cn2)C[C@H]1O. The lowest BCUT2D eigenvalue weighted by molar-refractivity contribution is -0.122. The second-order valence-electron chi connectivity index (χ2n) is 6.36. The number of aryl methyl sites for hydroxylation is 1. The Labute approximate surface area is 145 Å². The second-order valence-corrected chi connectivity index (χ2v) is 6.80. The van der Waals surface area contributed by atoms with Gasteiger partial charge in [0.25, 0.3) is 0 Å². The van der Waals surface area contributed by atoms with Crippen molar-refractivity contribution in [2.45, 2.75) is 50.9 Å². The quantitative estimate of drug-likeness (QED) is 0.791. The van der Waals surface area contributed by atoms with E-state index in [-0.39, 0.29) is 17.9 Å². The van der Waals surface area contributed by atoms with E-state index in [4.69, 9.17) is 11.6 Å². The summed E-state index contributed by atoms with van der Waals surface area (Å²) in [5.41, 5.74) is 0. The fraction of sp³-hybridized carbons (Fsp3) is 0.562. The molecule has 2 heterocycles. The molecule has 0 aliphatic heterocycles. The lowest BCUT2D eigenvalue weighted by Gasteiger charge is -2.16. The van der Waals surface area contributed by atoms with Gasteiger partial charge in [0, 0.05) is 38.1 Å². The predicted octanol–water partition coefficient (Wildman–Crippen LogP) is 1.47. The number of hydrogen-bond donors (Lipinski definition) is 2. The van der Waals surface area contributed by atoms with Gasteiger partial charge in [-0.15, -0.1) is 0 Å². The van der Waals surface area contributed by atoms with Crippen molar-refractivity contribution < 1.29 is 9.90 Å². The van der Waals surface area contributed by atoms with Crippen molar-refractivity contribution in [1.82, 2.24) is 24.6 Å². The zero-order valence-electron chi connectivity index (χ0n) is 13.4. The van der Waals surface area contributed by atoms with Gasteiger partial charge in [-0.2, -0.15) is 5.10 Å². The molecule has 0 radical (unpaired) electrons. The number of halogens is 1. The maximum absolute atomic E-state index is 12.1. The van der Waals surface area contributed by atoms with E-state index in [9.17, 15) is 9.90 Å². The number of carbonyl (C=O) groups excluding carboxylic acids is 1. The molecular weight excluding hydrogens is 330 g/mol. The van der Waals surface area contributed by atoms with Crippen molar-refractivity contribution in [3.05, 3.63) is 36.1 Å². The van der Waals surface area contributed by atoms with E-state index in [1.54, 1.807) is 29.6 Å². The van der Waals surface area contributed by atoms with Crippen LogP contribution in [0.5, 0.6) is 0 Å². The molecule has 24 heavy (non-hydrogen) atoms. The highest BCUT2D eigenvalue weighted by Crippen LogP contribution is 2.27. The van der Waals surface area contributed by atoms with Crippen LogP contribution in [0.2, 0.25) is 5.02 Å². The van der Waals surface area contributed by atoms with Crippen LogP contribution in [-0.2, 0) is 17.9 Å². The van der Waals surface area contributed by atoms with Gasteiger partial charge in [-0.05, 0) is 25.2 Å². The second kappa shape index (κ2) is 7.81. The minimum absolute atomic E-state index is 0.0121. The number of rotatable bonds is 7. The fourth-order valence-corrected chi connectivity index (χ4v) is 3.40. The van der Waals surface area contributed by atoms with Gasteiger partial charge >= 0.3 is 0 Å². The van der Waals surface area contributed by atoms with E-state index in [1.165, 1.54) is 0 Å². The normalized spacial score (nSPS) is 23.5. The van der Waals surface area contributed by atoms with Crippen molar-refractivity contribution >= 4 is 17.5 Å². The van der Waals surface area contributed by atoms with Gasteiger partial charge in [0.15, 0.2) is 0 Å². The molecule has 2 aromatic rings. The van der Waals surface area contributed by atoms with Gasteiger partial charge in [-0.3, -0.25) is 9.48 Å². The van der Waals surface area contributed by atoms with Crippen molar-refractivity contribution in [3.8, 4) is 0 Å². The van der Waals surface area contributed by atoms with Gasteiger partial charge in [-0.1, -0.05) is 11.6 Å². The van der Waals surface area contributed by atoms with Crippen LogP contribution >= 0.6 is 11.6 Å². The fourth-order valence-electron chi connectivity index (χ4n) is 3.25. The monoisotopic (exact) mass is 351 g/mol. The summed E-state index contributed by atoms with van der Waals surface area (Å²) in [5, 5.41) is 17.9. The predicted molar refractivity (Wildman–Crippen MR) is 89.4 cm³/mol. The Bertz CT molecular complexity index is 657. The molecule has 1 unspecified atom stereocenters. The number of nitrogens with zero attached hydrogens (tertiary/aromatic N) is 4. The van der Waals surface area contributed by atoms with Crippen molar-refractivity contribution in [3.63, 3.8) is 0 Å². The van der Waals surface area contributed by atoms with Crippen LogP contribution in [0.3, 0.4) is 0 Å².